The molecular formula is C4H2F5NO. The van der Waals surface area contributed by atoms with Gasteiger partial charge in [-0.05, 0) is 0 Å². The molecule has 7 heteroatoms. The van der Waals surface area contributed by atoms with Gasteiger partial charge >= 0.3 is 12.1 Å². The van der Waals surface area contributed by atoms with Crippen molar-refractivity contribution in [3.8, 4) is 0 Å². The fourth-order valence-electron chi connectivity index (χ4n) is 0.221. The summed E-state index contributed by atoms with van der Waals surface area (Å²) in [6, 6.07) is 0. The van der Waals surface area contributed by atoms with Crippen molar-refractivity contribution in [2.45, 2.75) is 12.1 Å². The number of carbonyl (C=O) groups excluding carboxylic acids is 1. The summed E-state index contributed by atoms with van der Waals surface area (Å²) in [6.45, 7) is -1.90. The van der Waals surface area contributed by atoms with Gasteiger partial charge < -0.3 is 0 Å². The Bertz CT molecular complexity index is 179. The van der Waals surface area contributed by atoms with Crippen molar-refractivity contribution in [3.63, 3.8) is 0 Å². The second-order valence-corrected chi connectivity index (χ2v) is 1.61. The number of aliphatic imine (C=N–C) groups is 1. The minimum atomic E-state index is -5.66. The lowest BCUT2D eigenvalue weighted by Crippen LogP contribution is -2.39. The van der Waals surface area contributed by atoms with E-state index in [2.05, 4.69) is 4.99 Å². The van der Waals surface area contributed by atoms with Gasteiger partial charge in [-0.1, -0.05) is 0 Å². The molecule has 0 fully saturated rings. The summed E-state index contributed by atoms with van der Waals surface area (Å²) in [7, 11) is 0. The summed E-state index contributed by atoms with van der Waals surface area (Å²) in [6.07, 6.45) is -5.07. The fraction of sp³-hybridized carbons (Fsp3) is 0.750. The SMILES string of the molecule is O=C=NCC(F)(F)C(F)(F)F. The van der Waals surface area contributed by atoms with Crippen LogP contribution in [0.5, 0.6) is 0 Å². The van der Waals surface area contributed by atoms with E-state index in [0.717, 1.165) is 0 Å². The highest BCUT2D eigenvalue weighted by molar-refractivity contribution is 5.33. The summed E-state index contributed by atoms with van der Waals surface area (Å²) in [5, 5.41) is 0. The standard InChI is InChI=1S/C4H2F5NO/c5-3(6,1-10-2-11)4(7,8)9/h1H2. The number of hydrogen-bond acceptors (Lipinski definition) is 2. The van der Waals surface area contributed by atoms with E-state index in [1.807, 2.05) is 0 Å². The molecule has 0 radical (unpaired) electrons. The van der Waals surface area contributed by atoms with Gasteiger partial charge in [0, 0.05) is 0 Å². The molecule has 11 heavy (non-hydrogen) atoms. The van der Waals surface area contributed by atoms with Gasteiger partial charge in [0.2, 0.25) is 6.08 Å². The second-order valence-electron chi connectivity index (χ2n) is 1.61. The zero-order valence-corrected chi connectivity index (χ0v) is 4.95. The normalized spacial score (nSPS) is 12.5. The van der Waals surface area contributed by atoms with Crippen LogP contribution in [0, 0.1) is 0 Å². The molecule has 0 aliphatic carbocycles. The molecule has 0 heterocycles. The van der Waals surface area contributed by atoms with Crippen LogP contribution in [0.2, 0.25) is 0 Å². The molecule has 64 valence electrons. The third-order valence-electron chi connectivity index (χ3n) is 0.757. The summed E-state index contributed by atoms with van der Waals surface area (Å²) >= 11 is 0. The van der Waals surface area contributed by atoms with Crippen LogP contribution in [-0.4, -0.2) is 24.7 Å². The first kappa shape index (κ1) is 10.0. The largest absolute Gasteiger partial charge is 0.455 e. The van der Waals surface area contributed by atoms with E-state index in [4.69, 9.17) is 0 Å². The Kier molecular flexibility index (Phi) is 2.70. The lowest BCUT2D eigenvalue weighted by molar-refractivity contribution is -0.276. The van der Waals surface area contributed by atoms with Crippen molar-refractivity contribution in [2.75, 3.05) is 6.54 Å². The molecule has 0 unspecified atom stereocenters. The van der Waals surface area contributed by atoms with E-state index in [9.17, 15) is 26.7 Å². The van der Waals surface area contributed by atoms with Gasteiger partial charge in [-0.2, -0.15) is 26.9 Å². The van der Waals surface area contributed by atoms with Crippen LogP contribution in [0.1, 0.15) is 0 Å². The average Bonchev–Trinajstić information content (AvgIpc) is 1.81. The molecule has 0 aliphatic heterocycles. The Morgan fingerprint density at radius 3 is 1.91 bits per heavy atom. The van der Waals surface area contributed by atoms with Gasteiger partial charge in [0.15, 0.2) is 0 Å². The molecule has 0 bridgehead atoms. The molecular weight excluding hydrogens is 173 g/mol. The predicted octanol–water partition coefficient (Wildman–Crippen LogP) is 1.52. The third kappa shape index (κ3) is 2.63. The topological polar surface area (TPSA) is 29.4 Å². The zero-order valence-electron chi connectivity index (χ0n) is 4.95. The molecule has 0 rings (SSSR count). The first-order valence-corrected chi connectivity index (χ1v) is 2.29. The van der Waals surface area contributed by atoms with Crippen molar-refractivity contribution in [3.05, 3.63) is 0 Å². The maximum Gasteiger partial charge on any atom is 0.455 e. The molecule has 0 atom stereocenters. The highest BCUT2D eigenvalue weighted by Gasteiger charge is 2.57. The second kappa shape index (κ2) is 2.96. The highest BCUT2D eigenvalue weighted by Crippen LogP contribution is 2.35. The van der Waals surface area contributed by atoms with Crippen molar-refractivity contribution in [2.24, 2.45) is 4.99 Å². The van der Waals surface area contributed by atoms with Crippen molar-refractivity contribution >= 4 is 6.08 Å². The first-order valence-electron chi connectivity index (χ1n) is 2.29. The van der Waals surface area contributed by atoms with Crippen LogP contribution in [-0.2, 0) is 4.79 Å². The molecule has 0 aromatic rings. The molecule has 0 saturated heterocycles. The van der Waals surface area contributed by atoms with E-state index in [0.29, 0.717) is 6.08 Å². The molecule has 0 saturated carbocycles. The summed E-state index contributed by atoms with van der Waals surface area (Å²) in [4.78, 5) is 11.3. The highest BCUT2D eigenvalue weighted by atomic mass is 19.4. The fourth-order valence-corrected chi connectivity index (χ4v) is 0.221. The van der Waals surface area contributed by atoms with Crippen LogP contribution >= 0.6 is 0 Å². The smallest absolute Gasteiger partial charge is 0.211 e. The number of alkyl halides is 5. The molecule has 0 aromatic heterocycles. The van der Waals surface area contributed by atoms with Gasteiger partial charge in [0.05, 0.1) is 0 Å². The van der Waals surface area contributed by atoms with Gasteiger partial charge in [-0.3, -0.25) is 0 Å². The Labute approximate surface area is 57.7 Å². The Balaban J connectivity index is 4.33. The minimum absolute atomic E-state index is 0.591. The molecule has 0 aliphatic rings. The monoisotopic (exact) mass is 175 g/mol. The Hall–Kier alpha value is -0.970. The third-order valence-corrected chi connectivity index (χ3v) is 0.757. The number of nitrogens with zero attached hydrogens (tertiary/aromatic N) is 1. The van der Waals surface area contributed by atoms with Crippen molar-refractivity contribution in [1.29, 1.82) is 0 Å². The van der Waals surface area contributed by atoms with E-state index in [1.54, 1.807) is 0 Å². The zero-order chi connectivity index (χ0) is 9.12. The quantitative estimate of drug-likeness (QED) is 0.355. The number of isocyanates is 1. The van der Waals surface area contributed by atoms with Crippen LogP contribution in [0.3, 0.4) is 0 Å². The van der Waals surface area contributed by atoms with Gasteiger partial charge in [-0.15, -0.1) is 0 Å². The lowest BCUT2D eigenvalue weighted by atomic mass is 10.3. The first-order chi connectivity index (χ1) is 4.81. The average molecular weight is 175 g/mol. The van der Waals surface area contributed by atoms with Crippen LogP contribution in [0.25, 0.3) is 0 Å². The Morgan fingerprint density at radius 2 is 1.64 bits per heavy atom. The predicted molar refractivity (Wildman–Crippen MR) is 24.0 cm³/mol. The van der Waals surface area contributed by atoms with E-state index < -0.39 is 18.6 Å². The van der Waals surface area contributed by atoms with Crippen LogP contribution in [0.4, 0.5) is 22.0 Å². The minimum Gasteiger partial charge on any atom is -0.211 e. The van der Waals surface area contributed by atoms with Crippen molar-refractivity contribution in [1.82, 2.24) is 0 Å². The van der Waals surface area contributed by atoms with Gasteiger partial charge in [0.1, 0.15) is 6.54 Å². The van der Waals surface area contributed by atoms with Crippen LogP contribution < -0.4 is 0 Å². The van der Waals surface area contributed by atoms with E-state index in [-0.39, 0.29) is 0 Å². The maximum atomic E-state index is 11.7. The summed E-state index contributed by atoms with van der Waals surface area (Å²) in [5.74, 6) is -4.94. The van der Waals surface area contributed by atoms with Crippen molar-refractivity contribution < 1.29 is 26.7 Å². The molecule has 0 spiro atoms. The molecule has 2 nitrogen and oxygen atoms in total. The van der Waals surface area contributed by atoms with Gasteiger partial charge in [0.25, 0.3) is 0 Å². The number of halogens is 5. The Morgan fingerprint density at radius 1 is 1.18 bits per heavy atom. The molecule has 0 aromatic carbocycles. The summed E-state index contributed by atoms with van der Waals surface area (Å²) in [5.41, 5.74) is 0. The molecule has 0 N–H and O–H groups in total. The number of rotatable bonds is 2. The maximum absolute atomic E-state index is 11.7. The van der Waals surface area contributed by atoms with E-state index in [1.165, 1.54) is 0 Å². The van der Waals surface area contributed by atoms with Crippen LogP contribution in [0.15, 0.2) is 4.99 Å². The lowest BCUT2D eigenvalue weighted by Gasteiger charge is -2.15. The molecule has 0 amide bonds. The summed E-state index contributed by atoms with van der Waals surface area (Å²) < 4.78 is 57.1. The number of hydrogen-bond donors (Lipinski definition) is 0. The van der Waals surface area contributed by atoms with E-state index >= 15 is 0 Å². The van der Waals surface area contributed by atoms with Gasteiger partial charge in [-0.25, -0.2) is 4.79 Å².